The van der Waals surface area contributed by atoms with E-state index in [1.165, 1.54) is 4.31 Å². The van der Waals surface area contributed by atoms with Crippen LogP contribution in [0.2, 0.25) is 0 Å². The molecule has 0 aliphatic carbocycles. The van der Waals surface area contributed by atoms with Gasteiger partial charge in [0, 0.05) is 51.4 Å². The zero-order chi connectivity index (χ0) is 18.0. The smallest absolute Gasteiger partial charge is 0.267 e. The van der Waals surface area contributed by atoms with Gasteiger partial charge in [-0.05, 0) is 22.9 Å². The summed E-state index contributed by atoms with van der Waals surface area (Å²) >= 11 is 3.24. The average Bonchev–Trinajstić information content (AvgIpc) is 3.12. The molecule has 1 aliphatic rings. The van der Waals surface area contributed by atoms with Crippen LogP contribution < -0.4 is 5.32 Å². The molecule has 0 saturated carbocycles. The van der Waals surface area contributed by atoms with Crippen molar-refractivity contribution in [2.75, 3.05) is 45.0 Å². The van der Waals surface area contributed by atoms with Crippen molar-refractivity contribution < 1.29 is 17.6 Å². The SMILES string of the molecule is CCS(=O)(=O)N1CCN(CCNC(=O)c2cc3oc(Br)cc3[nH]2)CC1. The third kappa shape index (κ3) is 4.25. The van der Waals surface area contributed by atoms with Gasteiger partial charge in [0.2, 0.25) is 10.0 Å². The minimum Gasteiger partial charge on any atom is -0.448 e. The highest BCUT2D eigenvalue weighted by Crippen LogP contribution is 2.23. The van der Waals surface area contributed by atoms with Crippen molar-refractivity contribution in [2.24, 2.45) is 0 Å². The van der Waals surface area contributed by atoms with Gasteiger partial charge in [-0.15, -0.1) is 0 Å². The van der Waals surface area contributed by atoms with E-state index in [0.29, 0.717) is 55.2 Å². The highest BCUT2D eigenvalue weighted by Gasteiger charge is 2.25. The summed E-state index contributed by atoms with van der Waals surface area (Å²) in [6, 6.07) is 3.44. The van der Waals surface area contributed by atoms with Crippen molar-refractivity contribution in [3.8, 4) is 0 Å². The van der Waals surface area contributed by atoms with E-state index in [0.717, 1.165) is 5.52 Å². The van der Waals surface area contributed by atoms with Crippen molar-refractivity contribution in [3.05, 3.63) is 22.5 Å². The van der Waals surface area contributed by atoms with Gasteiger partial charge in [0.1, 0.15) is 5.69 Å². The van der Waals surface area contributed by atoms with E-state index < -0.39 is 10.0 Å². The summed E-state index contributed by atoms with van der Waals surface area (Å²) in [4.78, 5) is 17.3. The van der Waals surface area contributed by atoms with Gasteiger partial charge < -0.3 is 14.7 Å². The Bertz CT molecular complexity index is 821. The summed E-state index contributed by atoms with van der Waals surface area (Å²) in [6.07, 6.45) is 0. The molecule has 0 unspecified atom stereocenters. The molecule has 2 aromatic rings. The number of amides is 1. The number of nitrogens with zero attached hydrogens (tertiary/aromatic N) is 2. The Morgan fingerprint density at radius 1 is 1.32 bits per heavy atom. The lowest BCUT2D eigenvalue weighted by molar-refractivity contribution is 0.0941. The van der Waals surface area contributed by atoms with E-state index in [1.54, 1.807) is 19.1 Å². The van der Waals surface area contributed by atoms with Gasteiger partial charge in [-0.3, -0.25) is 9.69 Å². The number of H-pyrrole nitrogens is 1. The molecule has 1 fully saturated rings. The molecule has 2 aromatic heterocycles. The zero-order valence-electron chi connectivity index (χ0n) is 13.9. The second-order valence-corrected chi connectivity index (χ2v) is 8.95. The van der Waals surface area contributed by atoms with Crippen LogP contribution in [0.1, 0.15) is 17.4 Å². The lowest BCUT2D eigenvalue weighted by atomic mass is 10.3. The number of furan rings is 1. The number of rotatable bonds is 6. The first kappa shape index (κ1) is 18.4. The fourth-order valence-corrected chi connectivity index (χ4v) is 4.34. The summed E-state index contributed by atoms with van der Waals surface area (Å²) in [5.41, 5.74) is 1.86. The third-order valence-corrected chi connectivity index (χ3v) is 6.60. The lowest BCUT2D eigenvalue weighted by Crippen LogP contribution is -2.50. The first-order valence-electron chi connectivity index (χ1n) is 8.15. The maximum atomic E-state index is 12.2. The zero-order valence-corrected chi connectivity index (χ0v) is 16.3. The van der Waals surface area contributed by atoms with Crippen molar-refractivity contribution in [1.82, 2.24) is 19.5 Å². The largest absolute Gasteiger partial charge is 0.448 e. The molecule has 0 spiro atoms. The molecule has 0 aromatic carbocycles. The van der Waals surface area contributed by atoms with Crippen molar-refractivity contribution in [2.45, 2.75) is 6.92 Å². The van der Waals surface area contributed by atoms with E-state index in [-0.39, 0.29) is 11.7 Å². The summed E-state index contributed by atoms with van der Waals surface area (Å²) in [5, 5.41) is 2.87. The molecule has 138 valence electrons. The van der Waals surface area contributed by atoms with E-state index >= 15 is 0 Å². The Morgan fingerprint density at radius 3 is 2.68 bits per heavy atom. The molecule has 10 heteroatoms. The van der Waals surface area contributed by atoms with Gasteiger partial charge in [0.25, 0.3) is 5.91 Å². The van der Waals surface area contributed by atoms with Crippen LogP contribution in [0.15, 0.2) is 21.2 Å². The van der Waals surface area contributed by atoms with E-state index in [4.69, 9.17) is 4.42 Å². The molecule has 1 amide bonds. The molecule has 25 heavy (non-hydrogen) atoms. The standard InChI is InChI=1S/C15H21BrN4O4S/c1-2-25(22,23)20-7-5-19(6-8-20)4-3-17-15(21)12-9-13-11(18-12)10-14(16)24-13/h9-10,18H,2-8H2,1H3,(H,17,21). The number of nitrogens with one attached hydrogen (secondary N) is 2. The van der Waals surface area contributed by atoms with Gasteiger partial charge >= 0.3 is 0 Å². The lowest BCUT2D eigenvalue weighted by Gasteiger charge is -2.33. The molecule has 8 nitrogen and oxygen atoms in total. The van der Waals surface area contributed by atoms with Crippen LogP contribution >= 0.6 is 15.9 Å². The summed E-state index contributed by atoms with van der Waals surface area (Å²) in [7, 11) is -3.10. The monoisotopic (exact) mass is 432 g/mol. The summed E-state index contributed by atoms with van der Waals surface area (Å²) in [5.74, 6) is -0.0479. The highest BCUT2D eigenvalue weighted by molar-refractivity contribution is 9.10. The minimum atomic E-state index is -3.10. The predicted molar refractivity (Wildman–Crippen MR) is 98.1 cm³/mol. The fourth-order valence-electron chi connectivity index (χ4n) is 2.85. The van der Waals surface area contributed by atoms with Crippen LogP contribution in [0.25, 0.3) is 11.1 Å². The van der Waals surface area contributed by atoms with Crippen LogP contribution in [0.4, 0.5) is 0 Å². The number of piperazine rings is 1. The number of aromatic amines is 1. The second-order valence-electron chi connectivity index (χ2n) is 5.91. The van der Waals surface area contributed by atoms with Crippen LogP contribution in [-0.2, 0) is 10.0 Å². The van der Waals surface area contributed by atoms with Gasteiger partial charge in [0.05, 0.1) is 11.3 Å². The van der Waals surface area contributed by atoms with Gasteiger partial charge in [-0.2, -0.15) is 4.31 Å². The number of hydrogen-bond donors (Lipinski definition) is 2. The Balaban J connectivity index is 1.44. The number of carbonyl (C=O) groups is 1. The Labute approximate surface area is 154 Å². The van der Waals surface area contributed by atoms with E-state index in [9.17, 15) is 13.2 Å². The summed E-state index contributed by atoms with van der Waals surface area (Å²) in [6.45, 7) is 5.22. The Hall–Kier alpha value is -1.36. The second kappa shape index (κ2) is 7.48. The number of halogens is 1. The first-order chi connectivity index (χ1) is 11.9. The molecule has 3 rings (SSSR count). The van der Waals surface area contributed by atoms with Crippen LogP contribution in [0.3, 0.4) is 0 Å². The number of aromatic nitrogens is 1. The van der Waals surface area contributed by atoms with Crippen molar-refractivity contribution in [3.63, 3.8) is 0 Å². The van der Waals surface area contributed by atoms with Gasteiger partial charge in [-0.1, -0.05) is 0 Å². The Kier molecular flexibility index (Phi) is 5.52. The molecule has 0 atom stereocenters. The number of carbonyl (C=O) groups excluding carboxylic acids is 1. The van der Waals surface area contributed by atoms with Crippen LogP contribution in [-0.4, -0.2) is 73.5 Å². The molecular formula is C15H21BrN4O4S. The van der Waals surface area contributed by atoms with E-state index in [1.807, 2.05) is 0 Å². The molecule has 0 radical (unpaired) electrons. The normalized spacial score (nSPS) is 17.2. The van der Waals surface area contributed by atoms with Gasteiger partial charge in [0.15, 0.2) is 10.3 Å². The van der Waals surface area contributed by atoms with Crippen LogP contribution in [0.5, 0.6) is 0 Å². The highest BCUT2D eigenvalue weighted by atomic mass is 79.9. The molecule has 2 N–H and O–H groups in total. The van der Waals surface area contributed by atoms with Crippen LogP contribution in [0, 0.1) is 0 Å². The Morgan fingerprint density at radius 2 is 2.04 bits per heavy atom. The number of fused-ring (bicyclic) bond motifs is 1. The van der Waals surface area contributed by atoms with E-state index in [2.05, 4.69) is 31.1 Å². The minimum absolute atomic E-state index is 0.138. The first-order valence-corrected chi connectivity index (χ1v) is 10.6. The summed E-state index contributed by atoms with van der Waals surface area (Å²) < 4.78 is 31.2. The van der Waals surface area contributed by atoms with Crippen molar-refractivity contribution >= 4 is 43.0 Å². The molecule has 1 aliphatic heterocycles. The predicted octanol–water partition coefficient (Wildman–Crippen LogP) is 1.22. The molecular weight excluding hydrogens is 412 g/mol. The number of sulfonamides is 1. The topological polar surface area (TPSA) is 98.7 Å². The molecule has 1 saturated heterocycles. The average molecular weight is 433 g/mol. The van der Waals surface area contributed by atoms with Crippen molar-refractivity contribution in [1.29, 1.82) is 0 Å². The quantitative estimate of drug-likeness (QED) is 0.714. The van der Waals surface area contributed by atoms with Gasteiger partial charge in [-0.25, -0.2) is 8.42 Å². The molecule has 0 bridgehead atoms. The maximum absolute atomic E-state index is 12.2. The molecule has 3 heterocycles. The maximum Gasteiger partial charge on any atom is 0.267 e. The third-order valence-electron chi connectivity index (χ3n) is 4.32. The fraction of sp³-hybridized carbons (Fsp3) is 0.533. The number of hydrogen-bond acceptors (Lipinski definition) is 5.